The standard InChI is InChI=1S/C14H13NO6S/c1-2-20-13-5-3-4-6-14(13)21-22(18,19)12-9-7-11(8-10-12)15(16)17/h3-10H,2H2,1H3. The van der Waals surface area contributed by atoms with Crippen LogP contribution in [0.1, 0.15) is 6.92 Å². The molecule has 2 aromatic carbocycles. The summed E-state index contributed by atoms with van der Waals surface area (Å²) in [5.41, 5.74) is -0.200. The first kappa shape index (κ1) is 15.8. The zero-order valence-corrected chi connectivity index (χ0v) is 12.4. The third-order valence-electron chi connectivity index (χ3n) is 2.68. The van der Waals surface area contributed by atoms with Crippen molar-refractivity contribution in [3.63, 3.8) is 0 Å². The van der Waals surface area contributed by atoms with Crippen LogP contribution in [0, 0.1) is 10.1 Å². The number of benzene rings is 2. The monoisotopic (exact) mass is 323 g/mol. The molecule has 0 atom stereocenters. The number of hydrogen-bond donors (Lipinski definition) is 0. The van der Waals surface area contributed by atoms with Crippen LogP contribution in [0.25, 0.3) is 0 Å². The number of nitro groups is 1. The predicted octanol–water partition coefficient (Wildman–Crippen LogP) is 2.76. The fourth-order valence-corrected chi connectivity index (χ4v) is 2.63. The van der Waals surface area contributed by atoms with E-state index < -0.39 is 15.0 Å². The van der Waals surface area contributed by atoms with Crippen LogP contribution in [0.5, 0.6) is 11.5 Å². The summed E-state index contributed by atoms with van der Waals surface area (Å²) >= 11 is 0. The second kappa shape index (κ2) is 6.44. The molecule has 22 heavy (non-hydrogen) atoms. The van der Waals surface area contributed by atoms with E-state index in [1.165, 1.54) is 6.07 Å². The Morgan fingerprint density at radius 1 is 1.05 bits per heavy atom. The zero-order valence-electron chi connectivity index (χ0n) is 11.6. The Labute approximate surface area is 127 Å². The summed E-state index contributed by atoms with van der Waals surface area (Å²) in [6, 6.07) is 10.8. The number of hydrogen-bond acceptors (Lipinski definition) is 6. The first-order chi connectivity index (χ1) is 10.4. The summed E-state index contributed by atoms with van der Waals surface area (Å²) in [7, 11) is -4.10. The van der Waals surface area contributed by atoms with Crippen LogP contribution >= 0.6 is 0 Å². The average Bonchev–Trinajstić information content (AvgIpc) is 2.49. The van der Waals surface area contributed by atoms with Gasteiger partial charge in [-0.25, -0.2) is 0 Å². The third kappa shape index (κ3) is 3.53. The summed E-state index contributed by atoms with van der Waals surface area (Å²) in [4.78, 5) is 9.79. The highest BCUT2D eigenvalue weighted by Crippen LogP contribution is 2.29. The average molecular weight is 323 g/mol. The van der Waals surface area contributed by atoms with Gasteiger partial charge >= 0.3 is 10.1 Å². The predicted molar refractivity (Wildman–Crippen MR) is 78.5 cm³/mol. The maximum Gasteiger partial charge on any atom is 0.339 e. The van der Waals surface area contributed by atoms with E-state index in [4.69, 9.17) is 8.92 Å². The molecule has 0 aliphatic rings. The second-order valence-electron chi connectivity index (χ2n) is 4.17. The lowest BCUT2D eigenvalue weighted by Crippen LogP contribution is -2.10. The quantitative estimate of drug-likeness (QED) is 0.461. The SMILES string of the molecule is CCOc1ccccc1OS(=O)(=O)c1ccc([N+](=O)[O-])cc1. The lowest BCUT2D eigenvalue weighted by Gasteiger charge is -2.11. The summed E-state index contributed by atoms with van der Waals surface area (Å²) in [6.07, 6.45) is 0. The summed E-state index contributed by atoms with van der Waals surface area (Å²) in [6.45, 7) is 2.12. The Hall–Kier alpha value is -2.61. The van der Waals surface area contributed by atoms with Gasteiger partial charge in [0.2, 0.25) is 0 Å². The highest BCUT2D eigenvalue weighted by molar-refractivity contribution is 7.87. The molecule has 0 aliphatic carbocycles. The molecule has 0 aromatic heterocycles. The van der Waals surface area contributed by atoms with E-state index in [-0.39, 0.29) is 16.3 Å². The fraction of sp³-hybridized carbons (Fsp3) is 0.143. The van der Waals surface area contributed by atoms with Crippen molar-refractivity contribution in [2.45, 2.75) is 11.8 Å². The van der Waals surface area contributed by atoms with E-state index >= 15 is 0 Å². The van der Waals surface area contributed by atoms with Gasteiger partial charge in [-0.3, -0.25) is 10.1 Å². The van der Waals surface area contributed by atoms with Crippen LogP contribution in [0.2, 0.25) is 0 Å². The van der Waals surface area contributed by atoms with E-state index in [1.54, 1.807) is 25.1 Å². The molecule has 2 rings (SSSR count). The molecule has 0 saturated carbocycles. The van der Waals surface area contributed by atoms with E-state index in [9.17, 15) is 18.5 Å². The van der Waals surface area contributed by atoms with E-state index in [0.29, 0.717) is 12.4 Å². The molecule has 2 aromatic rings. The minimum atomic E-state index is -4.10. The summed E-state index contributed by atoms with van der Waals surface area (Å²) in [5, 5.41) is 10.6. The topological polar surface area (TPSA) is 95.7 Å². The maximum atomic E-state index is 12.2. The van der Waals surface area contributed by atoms with Crippen molar-refractivity contribution in [2.75, 3.05) is 6.61 Å². The number of nitro benzene ring substituents is 1. The summed E-state index contributed by atoms with van der Waals surface area (Å²) in [5.74, 6) is 0.359. The van der Waals surface area contributed by atoms with Crippen LogP contribution in [-0.2, 0) is 10.1 Å². The Balaban J connectivity index is 2.30. The molecule has 0 amide bonds. The van der Waals surface area contributed by atoms with Crippen molar-refractivity contribution in [3.05, 3.63) is 58.6 Å². The van der Waals surface area contributed by atoms with Gasteiger partial charge in [0.15, 0.2) is 11.5 Å². The molecule has 0 spiro atoms. The lowest BCUT2D eigenvalue weighted by molar-refractivity contribution is -0.384. The highest BCUT2D eigenvalue weighted by Gasteiger charge is 2.20. The highest BCUT2D eigenvalue weighted by atomic mass is 32.2. The first-order valence-corrected chi connectivity index (χ1v) is 7.75. The maximum absolute atomic E-state index is 12.2. The van der Waals surface area contributed by atoms with Gasteiger partial charge in [0, 0.05) is 12.1 Å². The molecule has 0 bridgehead atoms. The van der Waals surface area contributed by atoms with E-state index in [1.807, 2.05) is 0 Å². The van der Waals surface area contributed by atoms with Crippen LogP contribution in [0.4, 0.5) is 5.69 Å². The minimum Gasteiger partial charge on any atom is -0.490 e. The van der Waals surface area contributed by atoms with Crippen molar-refractivity contribution in [1.29, 1.82) is 0 Å². The number of para-hydroxylation sites is 2. The second-order valence-corrected chi connectivity index (χ2v) is 5.71. The number of ether oxygens (including phenoxy) is 1. The lowest BCUT2D eigenvalue weighted by atomic mass is 10.3. The Morgan fingerprint density at radius 2 is 1.64 bits per heavy atom. The van der Waals surface area contributed by atoms with Crippen molar-refractivity contribution < 1.29 is 22.3 Å². The van der Waals surface area contributed by atoms with Crippen molar-refractivity contribution >= 4 is 15.8 Å². The molecule has 116 valence electrons. The van der Waals surface area contributed by atoms with Crippen molar-refractivity contribution in [1.82, 2.24) is 0 Å². The molecule has 8 heteroatoms. The number of rotatable bonds is 6. The van der Waals surface area contributed by atoms with Crippen LogP contribution in [0.15, 0.2) is 53.4 Å². The van der Waals surface area contributed by atoms with Crippen LogP contribution in [0.3, 0.4) is 0 Å². The van der Waals surface area contributed by atoms with Gasteiger partial charge in [0.25, 0.3) is 5.69 Å². The molecule has 0 heterocycles. The fourth-order valence-electron chi connectivity index (χ4n) is 1.69. The van der Waals surface area contributed by atoms with Gasteiger partial charge in [-0.1, -0.05) is 12.1 Å². The molecule has 0 saturated heterocycles. The van der Waals surface area contributed by atoms with Gasteiger partial charge in [0.1, 0.15) is 4.90 Å². The molecule has 7 nitrogen and oxygen atoms in total. The normalized spacial score (nSPS) is 11.0. The van der Waals surface area contributed by atoms with Crippen molar-refractivity contribution in [2.24, 2.45) is 0 Å². The number of non-ortho nitro benzene ring substituents is 1. The van der Waals surface area contributed by atoms with Gasteiger partial charge in [-0.05, 0) is 31.2 Å². The third-order valence-corrected chi connectivity index (χ3v) is 3.93. The van der Waals surface area contributed by atoms with E-state index in [2.05, 4.69) is 0 Å². The molecule has 0 fully saturated rings. The molecular formula is C14H13NO6S. The van der Waals surface area contributed by atoms with Crippen LogP contribution < -0.4 is 8.92 Å². The Bertz CT molecular complexity index is 770. The molecule has 0 N–H and O–H groups in total. The number of nitrogens with zero attached hydrogens (tertiary/aromatic N) is 1. The molecular weight excluding hydrogens is 310 g/mol. The van der Waals surface area contributed by atoms with Gasteiger partial charge in [0.05, 0.1) is 11.5 Å². The Morgan fingerprint density at radius 3 is 2.18 bits per heavy atom. The minimum absolute atomic E-state index is 0.0581. The summed E-state index contributed by atoms with van der Waals surface area (Å²) < 4.78 is 34.7. The van der Waals surface area contributed by atoms with Crippen LogP contribution in [-0.4, -0.2) is 19.9 Å². The van der Waals surface area contributed by atoms with Gasteiger partial charge < -0.3 is 8.92 Å². The molecule has 0 unspecified atom stereocenters. The van der Waals surface area contributed by atoms with Crippen molar-refractivity contribution in [3.8, 4) is 11.5 Å². The van der Waals surface area contributed by atoms with E-state index in [0.717, 1.165) is 24.3 Å². The zero-order chi connectivity index (χ0) is 16.2. The first-order valence-electron chi connectivity index (χ1n) is 6.35. The Kier molecular flexibility index (Phi) is 4.62. The molecule has 0 aliphatic heterocycles. The van der Waals surface area contributed by atoms with Gasteiger partial charge in [-0.15, -0.1) is 0 Å². The van der Waals surface area contributed by atoms with Gasteiger partial charge in [-0.2, -0.15) is 8.42 Å². The molecule has 0 radical (unpaired) electrons. The largest absolute Gasteiger partial charge is 0.490 e. The smallest absolute Gasteiger partial charge is 0.339 e.